The second kappa shape index (κ2) is 5.50. The molecule has 0 spiro atoms. The maximum Gasteiger partial charge on any atom is 0.330 e. The highest BCUT2D eigenvalue weighted by atomic mass is 32.2. The van der Waals surface area contributed by atoms with Gasteiger partial charge in [-0.25, -0.2) is 17.9 Å². The van der Waals surface area contributed by atoms with Crippen LogP contribution >= 0.6 is 0 Å². The molecule has 0 aliphatic carbocycles. The van der Waals surface area contributed by atoms with Crippen LogP contribution in [0.1, 0.15) is 0 Å². The van der Waals surface area contributed by atoms with Crippen LogP contribution in [-0.4, -0.2) is 39.9 Å². The minimum absolute atomic E-state index is 0.107. The first kappa shape index (κ1) is 14.0. The van der Waals surface area contributed by atoms with Gasteiger partial charge in [0.2, 0.25) is 6.41 Å². The third-order valence-corrected chi connectivity index (χ3v) is 3.32. The zero-order valence-corrected chi connectivity index (χ0v) is 10.7. The molecular weight excluding hydrogens is 258 g/mol. The monoisotopic (exact) mass is 271 g/mol. The van der Waals surface area contributed by atoms with Gasteiger partial charge in [-0.15, -0.1) is 0 Å². The summed E-state index contributed by atoms with van der Waals surface area (Å²) in [5.74, 6) is 0. The van der Waals surface area contributed by atoms with Crippen LogP contribution < -0.4 is 10.0 Å². The van der Waals surface area contributed by atoms with Gasteiger partial charge in [0.25, 0.3) is 10.0 Å². The second-order valence-electron chi connectivity index (χ2n) is 3.60. The van der Waals surface area contributed by atoms with Crippen molar-refractivity contribution in [2.24, 2.45) is 0 Å². The largest absolute Gasteiger partial charge is 0.330 e. The Hall–Kier alpha value is -2.09. The molecule has 0 heterocycles. The van der Waals surface area contributed by atoms with Gasteiger partial charge < -0.3 is 10.2 Å². The summed E-state index contributed by atoms with van der Waals surface area (Å²) in [5.41, 5.74) is 0.324. The van der Waals surface area contributed by atoms with Gasteiger partial charge in [-0.05, 0) is 18.2 Å². The Bertz CT molecular complexity index is 554. The fourth-order valence-electron chi connectivity index (χ4n) is 1.09. The lowest BCUT2D eigenvalue weighted by Crippen LogP contribution is -2.38. The van der Waals surface area contributed by atoms with E-state index in [0.717, 1.165) is 4.90 Å². The minimum Gasteiger partial charge on any atom is -0.330 e. The molecule has 0 saturated heterocycles. The highest BCUT2D eigenvalue weighted by molar-refractivity contribution is 7.90. The zero-order valence-electron chi connectivity index (χ0n) is 9.88. The van der Waals surface area contributed by atoms with E-state index >= 15 is 0 Å². The van der Waals surface area contributed by atoms with Gasteiger partial charge in [-0.1, -0.05) is 6.07 Å². The number of hydrogen-bond donors (Lipinski definition) is 2. The highest BCUT2D eigenvalue weighted by Crippen LogP contribution is 2.14. The first-order chi connectivity index (χ1) is 8.36. The lowest BCUT2D eigenvalue weighted by Gasteiger charge is -2.12. The van der Waals surface area contributed by atoms with E-state index < -0.39 is 16.1 Å². The number of anilines is 1. The Kier molecular flexibility index (Phi) is 4.27. The number of benzene rings is 1. The first-order valence-corrected chi connectivity index (χ1v) is 6.39. The molecule has 0 atom stereocenters. The van der Waals surface area contributed by atoms with E-state index in [1.165, 1.54) is 38.4 Å². The van der Waals surface area contributed by atoms with Gasteiger partial charge in [0.1, 0.15) is 0 Å². The van der Waals surface area contributed by atoms with Crippen molar-refractivity contribution in [2.45, 2.75) is 4.90 Å². The Labute approximate surface area is 105 Å². The third kappa shape index (κ3) is 3.45. The van der Waals surface area contributed by atoms with Crippen molar-refractivity contribution in [3.8, 4) is 0 Å². The minimum atomic E-state index is -3.94. The van der Waals surface area contributed by atoms with Crippen molar-refractivity contribution in [1.29, 1.82) is 0 Å². The molecule has 0 saturated carbocycles. The molecule has 0 aromatic heterocycles. The van der Waals surface area contributed by atoms with Gasteiger partial charge >= 0.3 is 6.03 Å². The summed E-state index contributed by atoms with van der Waals surface area (Å²) < 4.78 is 25.5. The van der Waals surface area contributed by atoms with Crippen molar-refractivity contribution in [1.82, 2.24) is 9.62 Å². The Morgan fingerprint density at radius 1 is 1.33 bits per heavy atom. The molecule has 0 aliphatic heterocycles. The van der Waals surface area contributed by atoms with Gasteiger partial charge in [-0.2, -0.15) is 0 Å². The molecule has 2 N–H and O–H groups in total. The van der Waals surface area contributed by atoms with E-state index in [9.17, 15) is 18.0 Å². The van der Waals surface area contributed by atoms with Crippen molar-refractivity contribution < 1.29 is 18.0 Å². The second-order valence-corrected chi connectivity index (χ2v) is 5.28. The summed E-state index contributed by atoms with van der Waals surface area (Å²) >= 11 is 0. The maximum absolute atomic E-state index is 11.8. The van der Waals surface area contributed by atoms with Crippen LogP contribution in [0.5, 0.6) is 0 Å². The fourth-order valence-corrected chi connectivity index (χ4v) is 2.16. The topological polar surface area (TPSA) is 95.6 Å². The van der Waals surface area contributed by atoms with Crippen molar-refractivity contribution >= 4 is 28.2 Å². The van der Waals surface area contributed by atoms with E-state index in [0.29, 0.717) is 12.1 Å². The summed E-state index contributed by atoms with van der Waals surface area (Å²) in [6.45, 7) is 0. The summed E-state index contributed by atoms with van der Waals surface area (Å²) in [5, 5.41) is 2.33. The number of sulfonamides is 1. The van der Waals surface area contributed by atoms with Crippen LogP contribution in [-0.2, 0) is 14.8 Å². The average Bonchev–Trinajstić information content (AvgIpc) is 2.29. The third-order valence-electron chi connectivity index (χ3n) is 2.00. The number of carbonyl (C=O) groups is 2. The normalized spacial score (nSPS) is 10.6. The quantitative estimate of drug-likeness (QED) is 0.765. The molecule has 18 heavy (non-hydrogen) atoms. The summed E-state index contributed by atoms with van der Waals surface area (Å²) in [7, 11) is -1.09. The molecule has 8 heteroatoms. The van der Waals surface area contributed by atoms with E-state index in [1.54, 1.807) is 0 Å². The lowest BCUT2D eigenvalue weighted by atomic mass is 10.3. The summed E-state index contributed by atoms with van der Waals surface area (Å²) in [6, 6.07) is 4.81. The van der Waals surface area contributed by atoms with Crippen LogP contribution in [0, 0.1) is 0 Å². The van der Waals surface area contributed by atoms with Crippen LogP contribution in [0.2, 0.25) is 0 Å². The molecular formula is C10H13N3O4S. The van der Waals surface area contributed by atoms with Crippen LogP contribution in [0.3, 0.4) is 0 Å². The van der Waals surface area contributed by atoms with Crippen molar-refractivity contribution in [2.75, 3.05) is 19.4 Å². The van der Waals surface area contributed by atoms with E-state index in [-0.39, 0.29) is 4.90 Å². The van der Waals surface area contributed by atoms with Gasteiger partial charge in [-0.3, -0.25) is 4.79 Å². The molecule has 0 fully saturated rings. The Morgan fingerprint density at radius 3 is 2.56 bits per heavy atom. The smallest absolute Gasteiger partial charge is 0.330 e. The molecule has 98 valence electrons. The van der Waals surface area contributed by atoms with E-state index in [4.69, 9.17) is 0 Å². The molecule has 7 nitrogen and oxygen atoms in total. The SMILES string of the molecule is CN(C)C(=O)NS(=O)(=O)c1cccc(NC=O)c1. The Morgan fingerprint density at radius 2 is 2.00 bits per heavy atom. The number of amides is 3. The molecule has 0 radical (unpaired) electrons. The number of hydrogen-bond acceptors (Lipinski definition) is 4. The zero-order chi connectivity index (χ0) is 13.8. The number of nitrogens with zero attached hydrogens (tertiary/aromatic N) is 1. The van der Waals surface area contributed by atoms with E-state index in [1.807, 2.05) is 4.72 Å². The lowest BCUT2D eigenvalue weighted by molar-refractivity contribution is -0.105. The predicted octanol–water partition coefficient (Wildman–Crippen LogP) is 0.215. The molecule has 0 bridgehead atoms. The van der Waals surface area contributed by atoms with Crippen molar-refractivity contribution in [3.05, 3.63) is 24.3 Å². The number of nitrogens with one attached hydrogen (secondary N) is 2. The molecule has 1 aromatic carbocycles. The molecule has 0 aliphatic rings. The number of urea groups is 1. The molecule has 3 amide bonds. The maximum atomic E-state index is 11.8. The van der Waals surface area contributed by atoms with Gasteiger partial charge in [0.05, 0.1) is 4.90 Å². The number of carbonyl (C=O) groups excluding carboxylic acids is 2. The highest BCUT2D eigenvalue weighted by Gasteiger charge is 2.18. The summed E-state index contributed by atoms with van der Waals surface area (Å²) in [4.78, 5) is 22.6. The molecule has 0 unspecified atom stereocenters. The van der Waals surface area contributed by atoms with E-state index in [2.05, 4.69) is 5.32 Å². The predicted molar refractivity (Wildman–Crippen MR) is 65.5 cm³/mol. The summed E-state index contributed by atoms with van der Waals surface area (Å²) in [6.07, 6.45) is 0.435. The molecule has 1 aromatic rings. The average molecular weight is 271 g/mol. The number of rotatable bonds is 4. The first-order valence-electron chi connectivity index (χ1n) is 4.91. The van der Waals surface area contributed by atoms with Crippen LogP contribution in [0.15, 0.2) is 29.2 Å². The van der Waals surface area contributed by atoms with Gasteiger partial charge in [0.15, 0.2) is 0 Å². The molecule has 1 rings (SSSR count). The van der Waals surface area contributed by atoms with Gasteiger partial charge in [0, 0.05) is 19.8 Å². The van der Waals surface area contributed by atoms with Crippen LogP contribution in [0.25, 0.3) is 0 Å². The fraction of sp³-hybridized carbons (Fsp3) is 0.200. The Balaban J connectivity index is 3.01. The van der Waals surface area contributed by atoms with Crippen LogP contribution in [0.4, 0.5) is 10.5 Å². The van der Waals surface area contributed by atoms with Crippen molar-refractivity contribution in [3.63, 3.8) is 0 Å². The standard InChI is InChI=1S/C10H13N3O4S/c1-13(2)10(15)12-18(16,17)9-5-3-4-8(6-9)11-7-14/h3-7H,1-2H3,(H,11,14)(H,12,15).